The molecule has 2 saturated heterocycles. The van der Waals surface area contributed by atoms with Gasteiger partial charge in [0.25, 0.3) is 0 Å². The van der Waals surface area contributed by atoms with Crippen molar-refractivity contribution in [2.75, 3.05) is 37.7 Å². The number of benzene rings is 2. The minimum atomic E-state index is -2.87. The van der Waals surface area contributed by atoms with Crippen LogP contribution in [0.5, 0.6) is 0 Å². The van der Waals surface area contributed by atoms with Crippen LogP contribution in [0.4, 0.5) is 0 Å². The van der Waals surface area contributed by atoms with Crippen LogP contribution in [-0.4, -0.2) is 65.5 Å². The highest BCUT2D eigenvalue weighted by Crippen LogP contribution is 2.25. The van der Waals surface area contributed by atoms with Crippen LogP contribution in [0.2, 0.25) is 0 Å². The summed E-state index contributed by atoms with van der Waals surface area (Å²) in [5.74, 6) is 1.83. The van der Waals surface area contributed by atoms with Crippen LogP contribution in [0.3, 0.4) is 0 Å². The molecule has 6 nitrogen and oxygen atoms in total. The minimum absolute atomic E-state index is 0.184. The highest BCUT2D eigenvalue weighted by molar-refractivity contribution is 7.91. The van der Waals surface area contributed by atoms with Crippen LogP contribution in [0.15, 0.2) is 54.6 Å². The second-order valence-corrected chi connectivity index (χ2v) is 11.2. The molecule has 0 aliphatic carbocycles. The van der Waals surface area contributed by atoms with Crippen molar-refractivity contribution in [1.29, 1.82) is 0 Å². The van der Waals surface area contributed by atoms with Gasteiger partial charge in [0.2, 0.25) is 0 Å². The average molecular weight is 439 g/mol. The Morgan fingerprint density at radius 3 is 2.35 bits per heavy atom. The van der Waals surface area contributed by atoms with E-state index in [1.807, 2.05) is 6.07 Å². The zero-order valence-corrected chi connectivity index (χ0v) is 18.7. The van der Waals surface area contributed by atoms with E-state index in [1.165, 1.54) is 5.56 Å². The van der Waals surface area contributed by atoms with Crippen molar-refractivity contribution in [3.63, 3.8) is 0 Å². The molecule has 0 spiro atoms. The van der Waals surface area contributed by atoms with Crippen molar-refractivity contribution in [3.8, 4) is 0 Å². The molecule has 0 saturated carbocycles. The highest BCUT2D eigenvalue weighted by atomic mass is 32.2. The molecule has 31 heavy (non-hydrogen) atoms. The zero-order valence-electron chi connectivity index (χ0n) is 17.9. The summed E-state index contributed by atoms with van der Waals surface area (Å²) >= 11 is 0. The molecule has 2 fully saturated rings. The van der Waals surface area contributed by atoms with Crippen LogP contribution in [-0.2, 0) is 29.5 Å². The third-order valence-electron chi connectivity index (χ3n) is 6.59. The fourth-order valence-corrected chi connectivity index (χ4v) is 6.72. The first-order valence-corrected chi connectivity index (χ1v) is 13.0. The van der Waals surface area contributed by atoms with Crippen molar-refractivity contribution in [1.82, 2.24) is 19.4 Å². The van der Waals surface area contributed by atoms with Crippen LogP contribution in [0.25, 0.3) is 11.0 Å². The van der Waals surface area contributed by atoms with E-state index in [0.717, 1.165) is 69.1 Å². The predicted octanol–water partition coefficient (Wildman–Crippen LogP) is 2.79. The lowest BCUT2D eigenvalue weighted by molar-refractivity contribution is 0.103. The lowest BCUT2D eigenvalue weighted by Crippen LogP contribution is -2.46. The van der Waals surface area contributed by atoms with Gasteiger partial charge in [0, 0.05) is 39.1 Å². The van der Waals surface area contributed by atoms with Crippen LogP contribution in [0, 0.1) is 5.92 Å². The van der Waals surface area contributed by atoms with E-state index in [4.69, 9.17) is 4.98 Å². The lowest BCUT2D eigenvalue weighted by atomic mass is 10.1. The van der Waals surface area contributed by atoms with Crippen LogP contribution >= 0.6 is 0 Å². The van der Waals surface area contributed by atoms with Crippen molar-refractivity contribution >= 4 is 20.9 Å². The molecule has 3 aromatic rings. The number of hydrogen-bond donors (Lipinski definition) is 0. The van der Waals surface area contributed by atoms with E-state index in [0.29, 0.717) is 11.5 Å². The topological polar surface area (TPSA) is 58.4 Å². The van der Waals surface area contributed by atoms with Crippen molar-refractivity contribution in [2.45, 2.75) is 26.1 Å². The number of rotatable bonds is 6. The van der Waals surface area contributed by atoms with Gasteiger partial charge in [-0.3, -0.25) is 9.80 Å². The van der Waals surface area contributed by atoms with E-state index in [1.54, 1.807) is 0 Å². The molecule has 3 heterocycles. The fourth-order valence-electron chi connectivity index (χ4n) is 4.86. The van der Waals surface area contributed by atoms with Crippen molar-refractivity contribution < 1.29 is 8.42 Å². The maximum Gasteiger partial charge on any atom is 0.150 e. The predicted molar refractivity (Wildman–Crippen MR) is 123 cm³/mol. The number of nitrogens with zero attached hydrogens (tertiary/aromatic N) is 4. The molecule has 0 unspecified atom stereocenters. The molecular formula is C24H30N4O2S. The van der Waals surface area contributed by atoms with Crippen LogP contribution in [0.1, 0.15) is 17.8 Å². The monoisotopic (exact) mass is 438 g/mol. The molecule has 7 heteroatoms. The van der Waals surface area contributed by atoms with Gasteiger partial charge in [0.05, 0.1) is 29.2 Å². The maximum atomic E-state index is 11.9. The number of aromatic nitrogens is 2. The number of fused-ring (bicyclic) bond motifs is 1. The standard InChI is InChI=1S/C24H30N4O2S/c29-31(30)15-10-21(18-31)16-24-25-22-8-4-5-9-23(22)28(24)19-27-13-11-26(12-14-27)17-20-6-2-1-3-7-20/h1-9,21H,10-19H2/t21-/m0/s1. The summed E-state index contributed by atoms with van der Waals surface area (Å²) in [4.78, 5) is 9.90. The Morgan fingerprint density at radius 2 is 1.61 bits per heavy atom. The molecular weight excluding hydrogens is 408 g/mol. The summed E-state index contributed by atoms with van der Waals surface area (Å²) < 4.78 is 26.2. The molecule has 0 bridgehead atoms. The number of imidazole rings is 1. The van der Waals surface area contributed by atoms with E-state index in [-0.39, 0.29) is 5.92 Å². The normalized spacial score (nSPS) is 22.3. The summed E-state index contributed by atoms with van der Waals surface area (Å²) in [5, 5.41) is 0. The van der Waals surface area contributed by atoms with Gasteiger partial charge in [-0.25, -0.2) is 13.4 Å². The quantitative estimate of drug-likeness (QED) is 0.592. The summed E-state index contributed by atoms with van der Waals surface area (Å²) in [6.45, 7) is 5.97. The van der Waals surface area contributed by atoms with Gasteiger partial charge in [0.1, 0.15) is 5.82 Å². The number of para-hydroxylation sites is 2. The van der Waals surface area contributed by atoms with Gasteiger partial charge in [-0.1, -0.05) is 42.5 Å². The Morgan fingerprint density at radius 1 is 0.903 bits per heavy atom. The van der Waals surface area contributed by atoms with Gasteiger partial charge < -0.3 is 4.57 Å². The van der Waals surface area contributed by atoms with Gasteiger partial charge in [0.15, 0.2) is 9.84 Å². The lowest BCUT2D eigenvalue weighted by Gasteiger charge is -2.35. The first kappa shape index (κ1) is 20.7. The van der Waals surface area contributed by atoms with E-state index < -0.39 is 9.84 Å². The van der Waals surface area contributed by atoms with E-state index in [2.05, 4.69) is 62.9 Å². The largest absolute Gasteiger partial charge is 0.314 e. The molecule has 0 radical (unpaired) electrons. The smallest absolute Gasteiger partial charge is 0.150 e. The average Bonchev–Trinajstić information content (AvgIpc) is 3.29. The van der Waals surface area contributed by atoms with Gasteiger partial charge in [-0.2, -0.15) is 0 Å². The maximum absolute atomic E-state index is 11.9. The summed E-state index contributed by atoms with van der Waals surface area (Å²) in [6.07, 6.45) is 1.49. The van der Waals surface area contributed by atoms with Gasteiger partial charge >= 0.3 is 0 Å². The van der Waals surface area contributed by atoms with Crippen LogP contribution < -0.4 is 0 Å². The SMILES string of the molecule is O=S1(=O)CC[C@@H](Cc2nc3ccccc3n2CN2CCN(Cc3ccccc3)CC2)C1. The molecule has 2 aliphatic rings. The summed E-state index contributed by atoms with van der Waals surface area (Å²) in [5.41, 5.74) is 3.51. The molecule has 1 atom stereocenters. The van der Waals surface area contributed by atoms with E-state index in [9.17, 15) is 8.42 Å². The Kier molecular flexibility index (Phi) is 5.82. The second kappa shape index (κ2) is 8.73. The summed E-state index contributed by atoms with van der Waals surface area (Å²) in [6, 6.07) is 18.9. The molecule has 2 aliphatic heterocycles. The highest BCUT2D eigenvalue weighted by Gasteiger charge is 2.29. The first-order valence-electron chi connectivity index (χ1n) is 11.2. The van der Waals surface area contributed by atoms with Crippen molar-refractivity contribution in [3.05, 3.63) is 66.0 Å². The Hall–Kier alpha value is -2.22. The first-order chi connectivity index (χ1) is 15.1. The Labute approximate surface area is 184 Å². The number of piperazine rings is 1. The molecule has 5 rings (SSSR count). The Bertz CT molecular complexity index is 1130. The molecule has 1 aromatic heterocycles. The molecule has 0 N–H and O–H groups in total. The second-order valence-electron chi connectivity index (χ2n) is 8.94. The number of hydrogen-bond acceptors (Lipinski definition) is 5. The van der Waals surface area contributed by atoms with Gasteiger partial charge in [-0.15, -0.1) is 0 Å². The number of sulfone groups is 1. The molecule has 0 amide bonds. The zero-order chi connectivity index (χ0) is 21.3. The molecule has 164 valence electrons. The van der Waals surface area contributed by atoms with Crippen molar-refractivity contribution in [2.24, 2.45) is 5.92 Å². The van der Waals surface area contributed by atoms with Gasteiger partial charge in [-0.05, 0) is 30.0 Å². The Balaban J connectivity index is 1.28. The molecule has 2 aromatic carbocycles. The third kappa shape index (κ3) is 4.84. The summed E-state index contributed by atoms with van der Waals surface area (Å²) in [7, 11) is -2.87. The third-order valence-corrected chi connectivity index (χ3v) is 8.42. The minimum Gasteiger partial charge on any atom is -0.314 e. The fraction of sp³-hybridized carbons (Fsp3) is 0.458. The van der Waals surface area contributed by atoms with E-state index >= 15 is 0 Å².